The number of benzene rings is 2. The highest BCUT2D eigenvalue weighted by atomic mass is 32.2. The Morgan fingerprint density at radius 1 is 1.00 bits per heavy atom. The third-order valence-electron chi connectivity index (χ3n) is 4.95. The van der Waals surface area contributed by atoms with Gasteiger partial charge in [-0.25, -0.2) is 0 Å². The molecule has 2 aromatic rings. The van der Waals surface area contributed by atoms with E-state index >= 15 is 0 Å². The second-order valence-corrected chi connectivity index (χ2v) is 8.28. The Kier molecular flexibility index (Phi) is 7.23. The van der Waals surface area contributed by atoms with E-state index in [1.165, 1.54) is 5.56 Å². The van der Waals surface area contributed by atoms with Gasteiger partial charge in [-0.2, -0.15) is 0 Å². The molecule has 0 saturated carbocycles. The maximum Gasteiger partial charge on any atom is 0.235 e. The van der Waals surface area contributed by atoms with Crippen molar-refractivity contribution in [3.63, 3.8) is 0 Å². The molecule has 1 fully saturated rings. The molecular weight excluding hydrogens is 372 g/mol. The van der Waals surface area contributed by atoms with Gasteiger partial charge in [-0.15, -0.1) is 11.8 Å². The molecule has 1 unspecified atom stereocenters. The maximum atomic E-state index is 12.9. The zero-order valence-corrected chi connectivity index (χ0v) is 17.6. The smallest absolute Gasteiger partial charge is 0.235 e. The highest BCUT2D eigenvalue weighted by Crippen LogP contribution is 2.34. The lowest BCUT2D eigenvalue weighted by atomic mass is 10.2. The summed E-state index contributed by atoms with van der Waals surface area (Å²) in [6, 6.07) is 16.3. The summed E-state index contributed by atoms with van der Waals surface area (Å²) in [5, 5.41) is -0.140. The second-order valence-electron chi connectivity index (χ2n) is 6.86. The van der Waals surface area contributed by atoms with Crippen LogP contribution in [0.25, 0.3) is 0 Å². The predicted molar refractivity (Wildman–Crippen MR) is 113 cm³/mol. The van der Waals surface area contributed by atoms with Crippen molar-refractivity contribution in [2.75, 3.05) is 40.4 Å². The Balaban J connectivity index is 1.52. The van der Waals surface area contributed by atoms with Crippen molar-refractivity contribution < 1.29 is 14.3 Å². The molecule has 1 aliphatic heterocycles. The zero-order chi connectivity index (χ0) is 19.9. The molecule has 1 saturated heterocycles. The van der Waals surface area contributed by atoms with Crippen LogP contribution in [0.2, 0.25) is 0 Å². The molecule has 0 spiro atoms. The summed E-state index contributed by atoms with van der Waals surface area (Å²) < 4.78 is 10.6. The maximum absolute atomic E-state index is 12.9. The Hall–Kier alpha value is -2.18. The van der Waals surface area contributed by atoms with Gasteiger partial charge in [0.2, 0.25) is 5.91 Å². The number of hydrogen-bond acceptors (Lipinski definition) is 5. The number of methoxy groups -OCH3 is 2. The Morgan fingerprint density at radius 3 is 2.32 bits per heavy atom. The first-order valence-corrected chi connectivity index (χ1v) is 10.4. The monoisotopic (exact) mass is 400 g/mol. The summed E-state index contributed by atoms with van der Waals surface area (Å²) in [7, 11) is 3.24. The summed E-state index contributed by atoms with van der Waals surface area (Å²) in [4.78, 5) is 18.3. The van der Waals surface area contributed by atoms with E-state index in [1.54, 1.807) is 26.0 Å². The number of carbonyl (C=O) groups excluding carboxylic acids is 1. The third kappa shape index (κ3) is 5.20. The molecule has 0 aromatic heterocycles. The van der Waals surface area contributed by atoms with E-state index in [9.17, 15) is 4.79 Å². The highest BCUT2D eigenvalue weighted by Gasteiger charge is 2.25. The summed E-state index contributed by atoms with van der Waals surface area (Å²) in [6.07, 6.45) is 0. The van der Waals surface area contributed by atoms with E-state index < -0.39 is 0 Å². The molecule has 0 aliphatic carbocycles. The normalized spacial score (nSPS) is 15.9. The van der Waals surface area contributed by atoms with Crippen LogP contribution >= 0.6 is 11.8 Å². The quantitative estimate of drug-likeness (QED) is 0.665. The second kappa shape index (κ2) is 9.85. The number of carbonyl (C=O) groups is 1. The van der Waals surface area contributed by atoms with Crippen molar-refractivity contribution in [2.24, 2.45) is 0 Å². The molecule has 150 valence electrons. The van der Waals surface area contributed by atoms with Gasteiger partial charge in [0.1, 0.15) is 0 Å². The van der Waals surface area contributed by atoms with Gasteiger partial charge in [0.05, 0.1) is 19.5 Å². The Morgan fingerprint density at radius 2 is 1.68 bits per heavy atom. The topological polar surface area (TPSA) is 42.0 Å². The number of rotatable bonds is 7. The van der Waals surface area contributed by atoms with Crippen LogP contribution in [0.3, 0.4) is 0 Å². The van der Waals surface area contributed by atoms with Gasteiger partial charge < -0.3 is 14.4 Å². The average Bonchev–Trinajstić information content (AvgIpc) is 2.74. The van der Waals surface area contributed by atoms with Gasteiger partial charge in [-0.05, 0) is 30.7 Å². The fourth-order valence-electron chi connectivity index (χ4n) is 3.37. The van der Waals surface area contributed by atoms with Crippen LogP contribution in [0.5, 0.6) is 11.5 Å². The number of thioether (sulfide) groups is 1. The van der Waals surface area contributed by atoms with Gasteiger partial charge in [0.15, 0.2) is 11.5 Å². The third-order valence-corrected chi connectivity index (χ3v) is 6.03. The molecule has 28 heavy (non-hydrogen) atoms. The van der Waals surface area contributed by atoms with E-state index in [1.807, 2.05) is 36.1 Å². The lowest BCUT2D eigenvalue weighted by Crippen LogP contribution is -2.50. The minimum Gasteiger partial charge on any atom is -0.493 e. The molecule has 0 radical (unpaired) electrons. The lowest BCUT2D eigenvalue weighted by Gasteiger charge is -2.36. The molecule has 1 amide bonds. The molecule has 0 N–H and O–H groups in total. The SMILES string of the molecule is COc1ccc(SC(C)C(=O)N2CCN(Cc3ccccc3)CC2)cc1OC. The van der Waals surface area contributed by atoms with Gasteiger partial charge in [-0.3, -0.25) is 9.69 Å². The van der Waals surface area contributed by atoms with Crippen LogP contribution in [0.4, 0.5) is 0 Å². The molecule has 5 nitrogen and oxygen atoms in total. The number of hydrogen-bond donors (Lipinski definition) is 0. The molecular formula is C22H28N2O3S. The minimum atomic E-state index is -0.140. The minimum absolute atomic E-state index is 0.140. The lowest BCUT2D eigenvalue weighted by molar-refractivity contribution is -0.132. The fourth-order valence-corrected chi connectivity index (χ4v) is 4.35. The molecule has 1 aliphatic rings. The summed E-state index contributed by atoms with van der Waals surface area (Å²) in [6.45, 7) is 6.30. The largest absolute Gasteiger partial charge is 0.493 e. The molecule has 1 heterocycles. The van der Waals surface area contributed by atoms with Crippen molar-refractivity contribution in [3.8, 4) is 11.5 Å². The summed E-state index contributed by atoms with van der Waals surface area (Å²) in [5.41, 5.74) is 1.32. The van der Waals surface area contributed by atoms with Crippen LogP contribution in [0.15, 0.2) is 53.4 Å². The van der Waals surface area contributed by atoms with Gasteiger partial charge in [0.25, 0.3) is 0 Å². The van der Waals surface area contributed by atoms with Crippen LogP contribution in [-0.4, -0.2) is 61.4 Å². The molecule has 1 atom stereocenters. The van der Waals surface area contributed by atoms with Crippen LogP contribution < -0.4 is 9.47 Å². The zero-order valence-electron chi connectivity index (χ0n) is 16.8. The first-order valence-electron chi connectivity index (χ1n) is 9.54. The Labute approximate surface area is 171 Å². The van der Waals surface area contributed by atoms with Crippen LogP contribution in [0, 0.1) is 0 Å². The van der Waals surface area contributed by atoms with Crippen molar-refractivity contribution in [2.45, 2.75) is 23.6 Å². The highest BCUT2D eigenvalue weighted by molar-refractivity contribution is 8.00. The first-order chi connectivity index (χ1) is 13.6. The van der Waals surface area contributed by atoms with Gasteiger partial charge in [-0.1, -0.05) is 30.3 Å². The van der Waals surface area contributed by atoms with Crippen molar-refractivity contribution in [1.29, 1.82) is 0 Å². The first kappa shape index (κ1) is 20.6. The molecule has 3 rings (SSSR count). The number of piperazine rings is 1. The van der Waals surface area contributed by atoms with Crippen LogP contribution in [-0.2, 0) is 11.3 Å². The van der Waals surface area contributed by atoms with E-state index in [0.29, 0.717) is 11.5 Å². The Bertz CT molecular complexity index is 777. The van der Waals surface area contributed by atoms with Crippen molar-refractivity contribution in [3.05, 3.63) is 54.1 Å². The number of nitrogens with zero attached hydrogens (tertiary/aromatic N) is 2. The predicted octanol–water partition coefficient (Wildman–Crippen LogP) is 3.53. The number of amides is 1. The van der Waals surface area contributed by atoms with Gasteiger partial charge >= 0.3 is 0 Å². The van der Waals surface area contributed by atoms with E-state index in [0.717, 1.165) is 37.6 Å². The fraction of sp³-hybridized carbons (Fsp3) is 0.409. The molecule has 2 aromatic carbocycles. The number of ether oxygens (including phenoxy) is 2. The summed E-state index contributed by atoms with van der Waals surface area (Å²) >= 11 is 1.56. The van der Waals surface area contributed by atoms with Crippen LogP contribution in [0.1, 0.15) is 12.5 Å². The average molecular weight is 401 g/mol. The van der Waals surface area contributed by atoms with Gasteiger partial charge in [0, 0.05) is 37.6 Å². The van der Waals surface area contributed by atoms with E-state index in [4.69, 9.17) is 9.47 Å². The van der Waals surface area contributed by atoms with E-state index in [-0.39, 0.29) is 11.2 Å². The summed E-state index contributed by atoms with van der Waals surface area (Å²) in [5.74, 6) is 1.57. The molecule has 6 heteroatoms. The van der Waals surface area contributed by atoms with Crippen molar-refractivity contribution >= 4 is 17.7 Å². The molecule has 0 bridgehead atoms. The standard InChI is InChI=1S/C22H28N2O3S/c1-17(28-19-9-10-20(26-2)21(15-19)27-3)22(25)24-13-11-23(12-14-24)16-18-7-5-4-6-8-18/h4-10,15,17H,11-14,16H2,1-3H3. The van der Waals surface area contributed by atoms with E-state index in [2.05, 4.69) is 29.2 Å². The van der Waals surface area contributed by atoms with Crippen molar-refractivity contribution in [1.82, 2.24) is 9.80 Å².